The maximum Gasteiger partial charge on any atom is 1.00 e. The molecule has 3 aromatic rings. The minimum absolute atomic E-state index is 0. The Bertz CT molecular complexity index is 874. The fraction of sp³-hybridized carbons (Fsp3) is 0.222. The van der Waals surface area contributed by atoms with Crippen LogP contribution < -0.4 is 4.43 Å². The third-order valence-electron chi connectivity index (χ3n) is 3.62. The van der Waals surface area contributed by atoms with Crippen molar-refractivity contribution in [1.29, 1.82) is 0 Å². The van der Waals surface area contributed by atoms with Gasteiger partial charge >= 0.3 is 1.43 Å². The van der Waals surface area contributed by atoms with Gasteiger partial charge in [0.05, 0.1) is 17.2 Å². The van der Waals surface area contributed by atoms with Crippen LogP contribution >= 0.6 is 0 Å². The molecule has 1 heterocycles. The number of para-hydroxylation sites is 2. The Morgan fingerprint density at radius 2 is 2.00 bits per heavy atom. The number of benzene rings is 2. The number of hydrogen-bond acceptors (Lipinski definition) is 3. The van der Waals surface area contributed by atoms with E-state index in [1.165, 1.54) is 5.56 Å². The maximum absolute atomic E-state index is 5.98. The lowest BCUT2D eigenvalue weighted by molar-refractivity contribution is 0.582. The quantitative estimate of drug-likeness (QED) is 0.535. The van der Waals surface area contributed by atoms with Crippen molar-refractivity contribution < 1.29 is 5.85 Å². The summed E-state index contributed by atoms with van der Waals surface area (Å²) in [6, 6.07) is 14.2. The van der Waals surface area contributed by atoms with Crippen LogP contribution in [0.4, 0.5) is 5.69 Å². The summed E-state index contributed by atoms with van der Waals surface area (Å²) >= 11 is 0. The standard InChI is InChI=1S/C18H21N3OSi/c1-13-9-10-17(22-23(3)4)15(11-13)19-12-18-20-14-7-5-6-8-16(14)21(18)2/h5-12,23H,1-4H3/p+1. The molecule has 0 atom stereocenters. The van der Waals surface area contributed by atoms with Gasteiger partial charge in [0, 0.05) is 7.05 Å². The van der Waals surface area contributed by atoms with Crippen molar-refractivity contribution in [1.82, 2.24) is 9.55 Å². The van der Waals surface area contributed by atoms with Crippen molar-refractivity contribution in [3.63, 3.8) is 0 Å². The zero-order valence-corrected chi connectivity index (χ0v) is 15.1. The molecule has 0 unspecified atom stereocenters. The number of rotatable bonds is 4. The Morgan fingerprint density at radius 1 is 1.22 bits per heavy atom. The van der Waals surface area contributed by atoms with Crippen LogP contribution in [0.1, 0.15) is 12.8 Å². The van der Waals surface area contributed by atoms with E-state index in [1.807, 2.05) is 48.2 Å². The molecule has 4 nitrogen and oxygen atoms in total. The summed E-state index contributed by atoms with van der Waals surface area (Å²) in [6.07, 6.45) is 1.81. The highest BCUT2D eigenvalue weighted by Crippen LogP contribution is 2.29. The van der Waals surface area contributed by atoms with Gasteiger partial charge in [-0.1, -0.05) is 18.2 Å². The van der Waals surface area contributed by atoms with Crippen molar-refractivity contribution in [3.8, 4) is 5.75 Å². The molecule has 0 aliphatic rings. The van der Waals surface area contributed by atoms with E-state index >= 15 is 0 Å². The number of nitrogens with zero attached hydrogens (tertiary/aromatic N) is 3. The van der Waals surface area contributed by atoms with Crippen molar-refractivity contribution in [2.45, 2.75) is 20.0 Å². The molecule has 0 amide bonds. The van der Waals surface area contributed by atoms with Crippen LogP contribution in [0.2, 0.25) is 13.1 Å². The second-order valence-electron chi connectivity index (χ2n) is 5.91. The molecule has 2 aromatic carbocycles. The van der Waals surface area contributed by atoms with Crippen LogP contribution in [0, 0.1) is 6.92 Å². The first-order valence-electron chi connectivity index (χ1n) is 7.77. The number of aromatic nitrogens is 2. The summed E-state index contributed by atoms with van der Waals surface area (Å²) in [5.41, 5.74) is 4.11. The Kier molecular flexibility index (Phi) is 4.30. The minimum atomic E-state index is -1.17. The van der Waals surface area contributed by atoms with Crippen molar-refractivity contribution in [2.75, 3.05) is 0 Å². The lowest BCUT2D eigenvalue weighted by atomic mass is 10.2. The smallest absolute Gasteiger partial charge is 0.546 e. The molecule has 0 N–H and O–H groups in total. The molecule has 5 heteroatoms. The SMILES string of the molecule is Cc1ccc(O[SiH](C)C)c(N=Cc2nc3ccccc3n2C)c1.[H+]. The predicted molar refractivity (Wildman–Crippen MR) is 99.8 cm³/mol. The normalized spacial score (nSPS) is 11.7. The van der Waals surface area contributed by atoms with E-state index in [0.29, 0.717) is 0 Å². The first kappa shape index (κ1) is 15.5. The number of fused-ring (bicyclic) bond motifs is 1. The predicted octanol–water partition coefficient (Wildman–Crippen LogP) is 4.11. The molecular weight excluding hydrogens is 302 g/mol. The molecule has 0 aliphatic carbocycles. The molecule has 0 fully saturated rings. The molecule has 0 saturated carbocycles. The van der Waals surface area contributed by atoms with Crippen LogP contribution in [0.25, 0.3) is 11.0 Å². The average molecular weight is 324 g/mol. The van der Waals surface area contributed by atoms with Crippen LogP contribution in [0.5, 0.6) is 5.75 Å². The van der Waals surface area contributed by atoms with Crippen molar-refractivity contribution in [2.24, 2.45) is 12.0 Å². The minimum Gasteiger partial charge on any atom is -0.546 e. The fourth-order valence-corrected chi connectivity index (χ4v) is 3.20. The van der Waals surface area contributed by atoms with Gasteiger partial charge in [0.2, 0.25) is 9.04 Å². The lowest BCUT2D eigenvalue weighted by Gasteiger charge is -2.12. The zero-order chi connectivity index (χ0) is 16.4. The second kappa shape index (κ2) is 6.38. The molecule has 23 heavy (non-hydrogen) atoms. The fourth-order valence-electron chi connectivity index (χ4n) is 2.49. The first-order chi connectivity index (χ1) is 11.0. The molecule has 0 aliphatic heterocycles. The number of aryl methyl sites for hydroxylation is 2. The van der Waals surface area contributed by atoms with Gasteiger partial charge in [0.1, 0.15) is 11.4 Å². The van der Waals surface area contributed by atoms with Gasteiger partial charge < -0.3 is 8.99 Å². The van der Waals surface area contributed by atoms with Crippen LogP contribution in [-0.4, -0.2) is 24.8 Å². The summed E-state index contributed by atoms with van der Waals surface area (Å²) in [5, 5.41) is 0. The Hall–Kier alpha value is -2.40. The molecule has 118 valence electrons. The van der Waals surface area contributed by atoms with E-state index in [0.717, 1.165) is 28.3 Å². The Balaban J connectivity index is 0.00000208. The molecule has 0 bridgehead atoms. The molecule has 3 rings (SSSR count). The Labute approximate surface area is 139 Å². The van der Waals surface area contributed by atoms with E-state index in [-0.39, 0.29) is 1.43 Å². The third kappa shape index (κ3) is 3.34. The number of aliphatic imine (C=N–C) groups is 1. The van der Waals surface area contributed by atoms with Crippen LogP contribution in [0.3, 0.4) is 0 Å². The highest BCUT2D eigenvalue weighted by molar-refractivity contribution is 6.49. The lowest BCUT2D eigenvalue weighted by Crippen LogP contribution is -2.11. The van der Waals surface area contributed by atoms with Gasteiger partial charge in [-0.15, -0.1) is 0 Å². The van der Waals surface area contributed by atoms with E-state index < -0.39 is 9.04 Å². The Morgan fingerprint density at radius 3 is 2.74 bits per heavy atom. The average Bonchev–Trinajstić information content (AvgIpc) is 2.84. The van der Waals surface area contributed by atoms with Crippen molar-refractivity contribution in [3.05, 3.63) is 53.9 Å². The number of imidazole rings is 1. The number of hydrogen-bond donors (Lipinski definition) is 0. The third-order valence-corrected chi connectivity index (χ3v) is 4.34. The van der Waals surface area contributed by atoms with Crippen LogP contribution in [0.15, 0.2) is 47.5 Å². The van der Waals surface area contributed by atoms with Gasteiger partial charge in [-0.2, -0.15) is 0 Å². The van der Waals surface area contributed by atoms with Crippen LogP contribution in [-0.2, 0) is 7.05 Å². The second-order valence-corrected chi connectivity index (χ2v) is 8.25. The summed E-state index contributed by atoms with van der Waals surface area (Å²) < 4.78 is 8.02. The van der Waals surface area contributed by atoms with E-state index in [9.17, 15) is 0 Å². The first-order valence-corrected chi connectivity index (χ1v) is 10.6. The topological polar surface area (TPSA) is 39.4 Å². The van der Waals surface area contributed by atoms with Gasteiger partial charge in [-0.05, 0) is 49.8 Å². The van der Waals surface area contributed by atoms with Gasteiger partial charge in [0.15, 0.2) is 5.82 Å². The summed E-state index contributed by atoms with van der Waals surface area (Å²) in [6.45, 7) is 6.36. The molecule has 0 saturated heterocycles. The highest BCUT2D eigenvalue weighted by Gasteiger charge is 2.07. The highest BCUT2D eigenvalue weighted by atomic mass is 28.3. The monoisotopic (exact) mass is 324 g/mol. The summed E-state index contributed by atoms with van der Waals surface area (Å²) in [5.74, 6) is 1.69. The summed E-state index contributed by atoms with van der Waals surface area (Å²) in [7, 11) is 0.837. The van der Waals surface area contributed by atoms with E-state index in [1.54, 1.807) is 0 Å². The molecule has 0 radical (unpaired) electrons. The van der Waals surface area contributed by atoms with Gasteiger partial charge in [0.25, 0.3) is 0 Å². The van der Waals surface area contributed by atoms with Gasteiger partial charge in [-0.3, -0.25) is 0 Å². The molecule has 1 aromatic heterocycles. The largest absolute Gasteiger partial charge is 1.00 e. The maximum atomic E-state index is 5.98. The molecular formula is C18H22N3OSi+. The summed E-state index contributed by atoms with van der Waals surface area (Å²) in [4.78, 5) is 9.26. The molecule has 0 spiro atoms. The zero-order valence-electron chi connectivity index (χ0n) is 14.9. The van der Waals surface area contributed by atoms with E-state index in [2.05, 4.69) is 42.1 Å². The van der Waals surface area contributed by atoms with Crippen molar-refractivity contribution >= 4 is 32.0 Å². The van der Waals surface area contributed by atoms with Gasteiger partial charge in [-0.25, -0.2) is 9.98 Å². The van der Waals surface area contributed by atoms with E-state index in [4.69, 9.17) is 4.43 Å².